The van der Waals surface area contributed by atoms with Crippen LogP contribution in [-0.2, 0) is 0 Å². The number of nitrogens with zero attached hydrogens (tertiary/aromatic N) is 6. The number of benzene rings is 1. The van der Waals surface area contributed by atoms with Crippen LogP contribution >= 0.6 is 0 Å². The zero-order valence-electron chi connectivity index (χ0n) is 16.4. The predicted octanol–water partition coefficient (Wildman–Crippen LogP) is 4.01. The number of non-ortho nitro benzene ring substituents is 1. The number of rotatable bonds is 4. The number of nitro benzene ring substituents is 1. The lowest BCUT2D eigenvalue weighted by molar-refractivity contribution is -0.383. The van der Waals surface area contributed by atoms with Crippen LogP contribution in [0.15, 0.2) is 30.6 Å². The fraction of sp³-hybridized carbons (Fsp3) is 0.450. The van der Waals surface area contributed by atoms with Crippen molar-refractivity contribution in [2.45, 2.75) is 45.6 Å². The van der Waals surface area contributed by atoms with Crippen LogP contribution in [0.2, 0.25) is 0 Å². The Hall–Kier alpha value is -3.03. The summed E-state index contributed by atoms with van der Waals surface area (Å²) in [6.07, 6.45) is 3.89. The standard InChI is InChI=1S/C20H24N6O2/c1-13(2)25-12-21-23-20(25)15-6-5-9-24(11-15)18-10-14(3)22-19-16(18)7-4-8-17(19)26(27)28/h4,7-8,10,12-13,15H,5-6,9,11H2,1-3H3. The van der Waals surface area contributed by atoms with Gasteiger partial charge in [-0.25, -0.2) is 4.98 Å². The van der Waals surface area contributed by atoms with Gasteiger partial charge in [0.1, 0.15) is 12.2 Å². The molecule has 1 aliphatic heterocycles. The van der Waals surface area contributed by atoms with Crippen LogP contribution in [-0.4, -0.2) is 37.8 Å². The van der Waals surface area contributed by atoms with E-state index in [1.165, 1.54) is 6.07 Å². The third-order valence-electron chi connectivity index (χ3n) is 5.41. The zero-order valence-corrected chi connectivity index (χ0v) is 16.4. The summed E-state index contributed by atoms with van der Waals surface area (Å²) in [5.41, 5.74) is 2.29. The Balaban J connectivity index is 1.75. The van der Waals surface area contributed by atoms with Crippen LogP contribution in [0, 0.1) is 17.0 Å². The van der Waals surface area contributed by atoms with Gasteiger partial charge in [-0.1, -0.05) is 12.1 Å². The van der Waals surface area contributed by atoms with Crippen LogP contribution in [0.1, 0.15) is 50.2 Å². The number of fused-ring (bicyclic) bond motifs is 1. The first kappa shape index (κ1) is 18.3. The number of nitro groups is 1. The summed E-state index contributed by atoms with van der Waals surface area (Å²) in [7, 11) is 0. The fourth-order valence-electron chi connectivity index (χ4n) is 4.10. The van der Waals surface area contributed by atoms with Crippen molar-refractivity contribution in [2.24, 2.45) is 0 Å². The molecular formula is C20H24N6O2. The third-order valence-corrected chi connectivity index (χ3v) is 5.41. The first-order chi connectivity index (χ1) is 13.5. The monoisotopic (exact) mass is 380 g/mol. The quantitative estimate of drug-likeness (QED) is 0.502. The number of pyridine rings is 1. The van der Waals surface area contributed by atoms with Gasteiger partial charge in [0.15, 0.2) is 5.52 Å². The van der Waals surface area contributed by atoms with Gasteiger partial charge in [-0.15, -0.1) is 10.2 Å². The van der Waals surface area contributed by atoms with E-state index in [2.05, 4.69) is 38.5 Å². The van der Waals surface area contributed by atoms with Gasteiger partial charge >= 0.3 is 0 Å². The first-order valence-electron chi connectivity index (χ1n) is 9.65. The van der Waals surface area contributed by atoms with Gasteiger partial charge in [0.05, 0.1) is 4.92 Å². The molecule has 8 heteroatoms. The van der Waals surface area contributed by atoms with Crippen molar-refractivity contribution in [1.82, 2.24) is 19.7 Å². The second-order valence-electron chi connectivity index (χ2n) is 7.69. The molecule has 0 bridgehead atoms. The highest BCUT2D eigenvalue weighted by Gasteiger charge is 2.28. The maximum absolute atomic E-state index is 11.5. The minimum atomic E-state index is -0.358. The summed E-state index contributed by atoms with van der Waals surface area (Å²) < 4.78 is 2.13. The molecule has 1 atom stereocenters. The number of anilines is 1. The van der Waals surface area contributed by atoms with Crippen molar-refractivity contribution in [2.75, 3.05) is 18.0 Å². The molecule has 8 nitrogen and oxygen atoms in total. The Morgan fingerprint density at radius 3 is 2.89 bits per heavy atom. The van der Waals surface area contributed by atoms with Crippen molar-refractivity contribution in [3.05, 3.63) is 52.2 Å². The highest BCUT2D eigenvalue weighted by Crippen LogP contribution is 2.36. The lowest BCUT2D eigenvalue weighted by Crippen LogP contribution is -2.35. The van der Waals surface area contributed by atoms with E-state index in [-0.39, 0.29) is 16.5 Å². The van der Waals surface area contributed by atoms with Crippen LogP contribution in [0.25, 0.3) is 10.9 Å². The first-order valence-corrected chi connectivity index (χ1v) is 9.65. The molecule has 3 heterocycles. The maximum Gasteiger partial charge on any atom is 0.295 e. The molecule has 28 heavy (non-hydrogen) atoms. The van der Waals surface area contributed by atoms with Crippen molar-refractivity contribution in [3.63, 3.8) is 0 Å². The molecule has 0 amide bonds. The number of piperidine rings is 1. The second-order valence-corrected chi connectivity index (χ2v) is 7.69. The number of para-hydroxylation sites is 1. The summed E-state index contributed by atoms with van der Waals surface area (Å²) in [6.45, 7) is 7.87. The molecule has 1 unspecified atom stereocenters. The van der Waals surface area contributed by atoms with Crippen molar-refractivity contribution >= 4 is 22.3 Å². The van der Waals surface area contributed by atoms with Gasteiger partial charge in [-0.05, 0) is 39.7 Å². The Morgan fingerprint density at radius 2 is 2.14 bits per heavy atom. The average molecular weight is 380 g/mol. The van der Waals surface area contributed by atoms with Gasteiger partial charge < -0.3 is 9.47 Å². The normalized spacial score (nSPS) is 17.4. The van der Waals surface area contributed by atoms with E-state index in [0.29, 0.717) is 11.6 Å². The summed E-state index contributed by atoms with van der Waals surface area (Å²) in [6, 6.07) is 7.51. The van der Waals surface area contributed by atoms with E-state index in [1.807, 2.05) is 19.1 Å². The summed E-state index contributed by atoms with van der Waals surface area (Å²) in [5, 5.41) is 20.8. The lowest BCUT2D eigenvalue weighted by atomic mass is 9.95. The van der Waals surface area contributed by atoms with Crippen LogP contribution in [0.5, 0.6) is 0 Å². The molecule has 0 aliphatic carbocycles. The highest BCUT2D eigenvalue weighted by molar-refractivity contribution is 5.97. The third kappa shape index (κ3) is 3.19. The molecule has 3 aromatic rings. The lowest BCUT2D eigenvalue weighted by Gasteiger charge is -2.35. The zero-order chi connectivity index (χ0) is 19.8. The van der Waals surface area contributed by atoms with E-state index in [9.17, 15) is 10.1 Å². The Morgan fingerprint density at radius 1 is 1.32 bits per heavy atom. The van der Waals surface area contributed by atoms with E-state index < -0.39 is 0 Å². The van der Waals surface area contributed by atoms with Crippen molar-refractivity contribution in [3.8, 4) is 0 Å². The summed E-state index contributed by atoms with van der Waals surface area (Å²) in [4.78, 5) is 17.9. The number of aryl methyl sites for hydroxylation is 1. The molecule has 2 aromatic heterocycles. The van der Waals surface area contributed by atoms with Crippen molar-refractivity contribution < 1.29 is 4.92 Å². The van der Waals surface area contributed by atoms with Gasteiger partial charge in [-0.3, -0.25) is 10.1 Å². The number of aromatic nitrogens is 4. The van der Waals surface area contributed by atoms with E-state index in [0.717, 1.165) is 48.5 Å². The Bertz CT molecular complexity index is 1030. The molecule has 0 radical (unpaired) electrons. The molecule has 1 aliphatic rings. The molecule has 0 spiro atoms. The molecular weight excluding hydrogens is 356 g/mol. The molecule has 1 fully saturated rings. The number of hydrogen-bond donors (Lipinski definition) is 0. The fourth-order valence-corrected chi connectivity index (χ4v) is 4.10. The average Bonchev–Trinajstić information content (AvgIpc) is 3.17. The van der Waals surface area contributed by atoms with E-state index in [4.69, 9.17) is 0 Å². The molecule has 4 rings (SSSR count). The molecule has 0 N–H and O–H groups in total. The Kier molecular flexibility index (Phi) is 4.70. The summed E-state index contributed by atoms with van der Waals surface area (Å²) in [5.74, 6) is 1.29. The van der Waals surface area contributed by atoms with E-state index >= 15 is 0 Å². The smallest absolute Gasteiger partial charge is 0.295 e. The number of hydrogen-bond acceptors (Lipinski definition) is 6. The van der Waals surface area contributed by atoms with Gasteiger partial charge in [0.2, 0.25) is 0 Å². The summed E-state index contributed by atoms with van der Waals surface area (Å²) >= 11 is 0. The topological polar surface area (TPSA) is 90.0 Å². The van der Waals surface area contributed by atoms with Gasteiger partial charge in [-0.2, -0.15) is 0 Å². The van der Waals surface area contributed by atoms with Crippen molar-refractivity contribution in [1.29, 1.82) is 0 Å². The minimum absolute atomic E-state index is 0.0514. The van der Waals surface area contributed by atoms with Gasteiger partial charge in [0.25, 0.3) is 5.69 Å². The highest BCUT2D eigenvalue weighted by atomic mass is 16.6. The molecule has 146 valence electrons. The van der Waals surface area contributed by atoms with Crippen LogP contribution in [0.4, 0.5) is 11.4 Å². The van der Waals surface area contributed by atoms with Crippen LogP contribution in [0.3, 0.4) is 0 Å². The molecule has 1 aromatic carbocycles. The largest absolute Gasteiger partial charge is 0.370 e. The maximum atomic E-state index is 11.5. The van der Waals surface area contributed by atoms with Gasteiger partial charge in [0, 0.05) is 47.9 Å². The molecule has 1 saturated heterocycles. The molecule has 0 saturated carbocycles. The minimum Gasteiger partial charge on any atom is -0.370 e. The second kappa shape index (κ2) is 7.18. The SMILES string of the molecule is Cc1cc(N2CCCC(c3nncn3C(C)C)C2)c2cccc([N+](=O)[O-])c2n1. The Labute approximate surface area is 163 Å². The van der Waals surface area contributed by atoms with Crippen LogP contribution < -0.4 is 4.90 Å². The van der Waals surface area contributed by atoms with E-state index in [1.54, 1.807) is 12.4 Å². The predicted molar refractivity (Wildman–Crippen MR) is 108 cm³/mol.